The van der Waals surface area contributed by atoms with Gasteiger partial charge in [0.15, 0.2) is 0 Å². The molecule has 3 aromatic rings. The Morgan fingerprint density at radius 2 is 2.00 bits per heavy atom. The first-order valence-corrected chi connectivity index (χ1v) is 6.88. The maximum Gasteiger partial charge on any atom is 0.425 e. The van der Waals surface area contributed by atoms with Crippen molar-refractivity contribution in [3.63, 3.8) is 0 Å². The first-order valence-electron chi connectivity index (χ1n) is 6.88. The molecule has 0 saturated heterocycles. The molecule has 6 nitrogen and oxygen atoms in total. The number of pyridine rings is 1. The summed E-state index contributed by atoms with van der Waals surface area (Å²) in [5.41, 5.74) is -2.78. The van der Waals surface area contributed by atoms with Gasteiger partial charge >= 0.3 is 6.18 Å². The molecule has 3 heterocycles. The molecule has 0 unspecified atom stereocenters. The molecule has 0 aliphatic carbocycles. The van der Waals surface area contributed by atoms with E-state index in [0.29, 0.717) is 5.56 Å². The summed E-state index contributed by atoms with van der Waals surface area (Å²) in [6.07, 6.45) is -2.97. The maximum absolute atomic E-state index is 13.4. The number of nitrogens with zero attached hydrogens (tertiary/aromatic N) is 3. The minimum absolute atomic E-state index is 0.0817. The van der Waals surface area contributed by atoms with Gasteiger partial charge in [0.05, 0.1) is 6.42 Å². The minimum atomic E-state index is -4.99. The van der Waals surface area contributed by atoms with Gasteiger partial charge < -0.3 is 14.0 Å². The Bertz CT molecular complexity index is 829. The molecule has 0 aliphatic heterocycles. The Balaban J connectivity index is 1.93. The van der Waals surface area contributed by atoms with Crippen LogP contribution in [0.4, 0.5) is 13.2 Å². The van der Waals surface area contributed by atoms with Crippen molar-refractivity contribution in [1.29, 1.82) is 0 Å². The fourth-order valence-corrected chi connectivity index (χ4v) is 2.14. The number of halogens is 3. The third-order valence-electron chi connectivity index (χ3n) is 3.41. The predicted octanol–water partition coefficient (Wildman–Crippen LogP) is 3.03. The molecular formula is C15H12F3N3O3. The molecule has 126 valence electrons. The average Bonchev–Trinajstić information content (AvgIpc) is 3.16. The van der Waals surface area contributed by atoms with Gasteiger partial charge in [0.2, 0.25) is 17.3 Å². The quantitative estimate of drug-likeness (QED) is 0.786. The summed E-state index contributed by atoms with van der Waals surface area (Å²) >= 11 is 0. The number of hydrogen-bond acceptors (Lipinski definition) is 6. The Hall–Kier alpha value is -2.68. The Labute approximate surface area is 133 Å². The highest BCUT2D eigenvalue weighted by molar-refractivity contribution is 5.51. The van der Waals surface area contributed by atoms with Gasteiger partial charge in [0.1, 0.15) is 11.5 Å². The van der Waals surface area contributed by atoms with Crippen LogP contribution in [0.3, 0.4) is 0 Å². The third kappa shape index (κ3) is 2.90. The van der Waals surface area contributed by atoms with Crippen LogP contribution in [0.1, 0.15) is 17.4 Å². The van der Waals surface area contributed by atoms with Crippen LogP contribution in [0.15, 0.2) is 45.6 Å². The summed E-state index contributed by atoms with van der Waals surface area (Å²) in [6.45, 7) is 1.48. The van der Waals surface area contributed by atoms with E-state index in [1.54, 1.807) is 12.1 Å². The van der Waals surface area contributed by atoms with Gasteiger partial charge in [-0.15, -0.1) is 0 Å². The van der Waals surface area contributed by atoms with Crippen molar-refractivity contribution in [2.45, 2.75) is 25.1 Å². The summed E-state index contributed by atoms with van der Waals surface area (Å²) in [5, 5.41) is 13.8. The van der Waals surface area contributed by atoms with Crippen molar-refractivity contribution in [3.8, 4) is 11.4 Å². The van der Waals surface area contributed by atoms with E-state index in [1.165, 1.54) is 25.4 Å². The Morgan fingerprint density at radius 3 is 2.58 bits per heavy atom. The van der Waals surface area contributed by atoms with Crippen molar-refractivity contribution in [2.75, 3.05) is 0 Å². The van der Waals surface area contributed by atoms with Crippen molar-refractivity contribution in [2.24, 2.45) is 0 Å². The summed E-state index contributed by atoms with van der Waals surface area (Å²) in [4.78, 5) is 7.76. The highest BCUT2D eigenvalue weighted by atomic mass is 19.4. The number of rotatable bonds is 4. The molecule has 3 rings (SSSR count). The van der Waals surface area contributed by atoms with E-state index in [1.807, 2.05) is 0 Å². The van der Waals surface area contributed by atoms with Gasteiger partial charge in [0.25, 0.3) is 0 Å². The normalized spacial score (nSPS) is 14.5. The van der Waals surface area contributed by atoms with E-state index in [2.05, 4.69) is 15.1 Å². The van der Waals surface area contributed by atoms with Gasteiger partial charge in [-0.05, 0) is 31.2 Å². The van der Waals surface area contributed by atoms with Crippen molar-refractivity contribution in [3.05, 3.63) is 54.1 Å². The summed E-state index contributed by atoms with van der Waals surface area (Å²) in [5.74, 6) is -0.677. The summed E-state index contributed by atoms with van der Waals surface area (Å²) in [6, 6.07) is 5.67. The van der Waals surface area contributed by atoms with E-state index >= 15 is 0 Å². The van der Waals surface area contributed by atoms with E-state index in [4.69, 9.17) is 8.94 Å². The second-order valence-electron chi connectivity index (χ2n) is 5.20. The van der Waals surface area contributed by atoms with E-state index in [0.717, 1.165) is 6.07 Å². The van der Waals surface area contributed by atoms with Crippen molar-refractivity contribution < 1.29 is 27.2 Å². The largest absolute Gasteiger partial charge is 0.463 e. The second-order valence-corrected chi connectivity index (χ2v) is 5.20. The molecule has 0 amide bonds. The Morgan fingerprint density at radius 1 is 1.21 bits per heavy atom. The van der Waals surface area contributed by atoms with Crippen LogP contribution in [-0.4, -0.2) is 26.4 Å². The second kappa shape index (κ2) is 5.75. The van der Waals surface area contributed by atoms with Crippen LogP contribution in [-0.2, 0) is 12.0 Å². The molecule has 0 spiro atoms. The number of aliphatic hydroxyl groups is 1. The summed E-state index contributed by atoms with van der Waals surface area (Å²) in [7, 11) is 0. The highest BCUT2D eigenvalue weighted by Gasteiger charge is 2.58. The van der Waals surface area contributed by atoms with Crippen LogP contribution >= 0.6 is 0 Å². The number of furan rings is 1. The first-order chi connectivity index (χ1) is 11.3. The molecule has 0 fully saturated rings. The van der Waals surface area contributed by atoms with Crippen LogP contribution in [0, 0.1) is 6.92 Å². The van der Waals surface area contributed by atoms with Gasteiger partial charge in [-0.25, -0.2) is 0 Å². The molecule has 9 heteroatoms. The molecule has 24 heavy (non-hydrogen) atoms. The van der Waals surface area contributed by atoms with Gasteiger partial charge in [-0.2, -0.15) is 18.2 Å². The molecule has 0 aromatic carbocycles. The van der Waals surface area contributed by atoms with Crippen molar-refractivity contribution >= 4 is 0 Å². The van der Waals surface area contributed by atoms with Crippen LogP contribution in [0.25, 0.3) is 11.4 Å². The lowest BCUT2D eigenvalue weighted by molar-refractivity contribution is -0.273. The third-order valence-corrected chi connectivity index (χ3v) is 3.41. The fourth-order valence-electron chi connectivity index (χ4n) is 2.14. The Kier molecular flexibility index (Phi) is 3.88. The summed E-state index contributed by atoms with van der Waals surface area (Å²) < 4.78 is 50.0. The number of aryl methyl sites for hydroxylation is 1. The van der Waals surface area contributed by atoms with Gasteiger partial charge in [-0.1, -0.05) is 5.16 Å². The molecule has 0 bridgehead atoms. The zero-order valence-electron chi connectivity index (χ0n) is 12.4. The predicted molar refractivity (Wildman–Crippen MR) is 74.6 cm³/mol. The van der Waals surface area contributed by atoms with Gasteiger partial charge in [-0.3, -0.25) is 4.98 Å². The lowest BCUT2D eigenvalue weighted by atomic mass is 9.95. The van der Waals surface area contributed by atoms with Crippen molar-refractivity contribution in [1.82, 2.24) is 15.1 Å². The highest BCUT2D eigenvalue weighted by Crippen LogP contribution is 2.42. The molecular weight excluding hydrogens is 327 g/mol. The van der Waals surface area contributed by atoms with Gasteiger partial charge in [0, 0.05) is 18.0 Å². The lowest BCUT2D eigenvalue weighted by Gasteiger charge is -2.26. The molecule has 1 N–H and O–H groups in total. The molecule has 1 atom stereocenters. The zero-order chi connectivity index (χ0) is 17.4. The smallest absolute Gasteiger partial charge is 0.425 e. The van der Waals surface area contributed by atoms with Crippen LogP contribution < -0.4 is 0 Å². The van der Waals surface area contributed by atoms with E-state index < -0.39 is 24.0 Å². The molecule has 0 radical (unpaired) electrons. The average molecular weight is 339 g/mol. The minimum Gasteiger partial charge on any atom is -0.463 e. The van der Waals surface area contributed by atoms with Crippen LogP contribution in [0.2, 0.25) is 0 Å². The molecule has 0 saturated carbocycles. The number of alkyl halides is 3. The van der Waals surface area contributed by atoms with E-state index in [9.17, 15) is 18.3 Å². The number of aromatic nitrogens is 3. The van der Waals surface area contributed by atoms with E-state index in [-0.39, 0.29) is 17.5 Å². The lowest BCUT2D eigenvalue weighted by Crippen LogP contribution is -2.44. The zero-order valence-corrected chi connectivity index (χ0v) is 12.4. The standard InChI is InChI=1S/C15H12F3N3O3/c1-9-4-5-11(23-9)14(22,15(16,17)18)7-12-20-13(21-24-12)10-3-2-6-19-8-10/h2-6,8,22H,7H2,1H3/t14-/m0/s1. The first kappa shape index (κ1) is 16.2. The topological polar surface area (TPSA) is 85.2 Å². The maximum atomic E-state index is 13.4. The molecule has 3 aromatic heterocycles. The monoisotopic (exact) mass is 339 g/mol. The molecule has 0 aliphatic rings. The fraction of sp³-hybridized carbons (Fsp3) is 0.267. The number of hydrogen-bond donors (Lipinski definition) is 1. The SMILES string of the molecule is Cc1ccc([C@@](O)(Cc2nc(-c3cccnc3)no2)C(F)(F)F)o1. The van der Waals surface area contributed by atoms with Crippen LogP contribution in [0.5, 0.6) is 0 Å².